The van der Waals surface area contributed by atoms with Crippen LogP contribution in [0.15, 0.2) is 89.1 Å². The molecule has 0 aliphatic carbocycles. The molecular formula is C23H20BBrNO3. The lowest BCUT2D eigenvalue weighted by atomic mass is 9.97. The number of hydrogen-bond donors (Lipinski definition) is 3. The number of phenolic OH excluding ortho intramolecular Hbond substituents is 1. The lowest BCUT2D eigenvalue weighted by Crippen LogP contribution is -1.98. The molecule has 0 saturated carbocycles. The molecule has 4 nitrogen and oxygen atoms in total. The molecule has 6 heteroatoms. The topological polar surface area (TPSA) is 75.7 Å². The van der Waals surface area contributed by atoms with Gasteiger partial charge in [0.2, 0.25) is 0 Å². The van der Waals surface area contributed by atoms with E-state index in [1.165, 1.54) is 0 Å². The fraction of sp³-hybridized carbons (Fsp3) is 0.0435. The van der Waals surface area contributed by atoms with E-state index in [1.54, 1.807) is 31.2 Å². The molecule has 145 valence electrons. The number of nitrogens with two attached hydrogens (primary N) is 1. The molecule has 4 N–H and O–H groups in total. The van der Waals surface area contributed by atoms with Crippen LogP contribution in [0.25, 0.3) is 28.0 Å². The first-order valence-corrected chi connectivity index (χ1v) is 9.73. The van der Waals surface area contributed by atoms with Gasteiger partial charge in [-0.2, -0.15) is 0 Å². The van der Waals surface area contributed by atoms with Crippen molar-refractivity contribution in [3.05, 3.63) is 94.7 Å². The highest BCUT2D eigenvalue weighted by Gasteiger charge is 2.08. The summed E-state index contributed by atoms with van der Waals surface area (Å²) in [7, 11) is 0.630. The smallest absolute Gasteiger partial charge is 0.541 e. The monoisotopic (exact) mass is 448 g/mol. The van der Waals surface area contributed by atoms with Gasteiger partial charge in [0, 0.05) is 15.7 Å². The van der Waals surface area contributed by atoms with Crippen LogP contribution in [0.3, 0.4) is 0 Å². The zero-order valence-electron chi connectivity index (χ0n) is 15.8. The third kappa shape index (κ3) is 5.31. The van der Waals surface area contributed by atoms with Crippen LogP contribution >= 0.6 is 15.9 Å². The minimum Gasteiger partial charge on any atom is -0.541 e. The number of allylic oxidation sites excluding steroid dienone is 3. The summed E-state index contributed by atoms with van der Waals surface area (Å²) in [6.45, 7) is 1.72. The fourth-order valence-corrected chi connectivity index (χ4v) is 3.43. The minimum atomic E-state index is 0.247. The zero-order chi connectivity index (χ0) is 20.8. The molecule has 0 aliphatic heterocycles. The molecule has 29 heavy (non-hydrogen) atoms. The Labute approximate surface area is 179 Å². The first kappa shape index (κ1) is 20.8. The van der Waals surface area contributed by atoms with E-state index in [2.05, 4.69) is 15.9 Å². The van der Waals surface area contributed by atoms with E-state index in [0.717, 1.165) is 32.3 Å². The number of halogens is 1. The predicted molar refractivity (Wildman–Crippen MR) is 122 cm³/mol. The van der Waals surface area contributed by atoms with Crippen molar-refractivity contribution in [1.82, 2.24) is 0 Å². The van der Waals surface area contributed by atoms with E-state index in [-0.39, 0.29) is 5.75 Å². The molecule has 3 rings (SSSR count). The van der Waals surface area contributed by atoms with Gasteiger partial charge < -0.3 is 20.5 Å². The number of hydrogen-bond acceptors (Lipinski definition) is 4. The highest BCUT2D eigenvalue weighted by molar-refractivity contribution is 9.10. The molecule has 3 aromatic carbocycles. The summed E-state index contributed by atoms with van der Waals surface area (Å²) < 4.78 is 5.77. The van der Waals surface area contributed by atoms with E-state index in [0.29, 0.717) is 19.1 Å². The van der Waals surface area contributed by atoms with Crippen molar-refractivity contribution >= 4 is 29.3 Å². The second-order valence-electron chi connectivity index (χ2n) is 6.45. The van der Waals surface area contributed by atoms with Crippen LogP contribution in [0.5, 0.6) is 5.75 Å². The Morgan fingerprint density at radius 3 is 2.48 bits per heavy atom. The van der Waals surface area contributed by atoms with Gasteiger partial charge in [-0.15, -0.1) is 0 Å². The van der Waals surface area contributed by atoms with Crippen molar-refractivity contribution in [1.29, 1.82) is 0 Å². The van der Waals surface area contributed by atoms with Crippen molar-refractivity contribution in [2.45, 2.75) is 6.92 Å². The second kappa shape index (κ2) is 9.50. The number of aromatic hydroxyl groups is 1. The Morgan fingerprint density at radius 2 is 1.72 bits per heavy atom. The normalized spacial score (nSPS) is 12.0. The summed E-state index contributed by atoms with van der Waals surface area (Å²) in [5.74, 6) is 0.761. The van der Waals surface area contributed by atoms with Crippen LogP contribution in [0, 0.1) is 0 Å². The van der Waals surface area contributed by atoms with E-state index in [4.69, 9.17) is 15.4 Å². The van der Waals surface area contributed by atoms with Crippen LogP contribution in [0.4, 0.5) is 0 Å². The Morgan fingerprint density at radius 1 is 0.966 bits per heavy atom. The first-order valence-electron chi connectivity index (χ1n) is 8.94. The van der Waals surface area contributed by atoms with Crippen LogP contribution in [0.1, 0.15) is 12.5 Å². The van der Waals surface area contributed by atoms with Gasteiger partial charge in [-0.05, 0) is 71.7 Å². The Kier molecular flexibility index (Phi) is 6.80. The SMILES string of the molecule is C/C(=C\C=C(/N)c1cc(Br)cc(-c2cccc(-c3ccccc3O)c2)c1)O[B]O. The standard InChI is InChI=1S/C23H20BBrNO3/c1-15(29-24-28)9-10-22(26)19-12-18(13-20(25)14-19)16-5-4-6-17(11-16)21-7-2-3-8-23(21)27/h2-14,27-28H,26H2,1H3/b15-9+,22-10-. The largest absolute Gasteiger partial charge is 0.569 e. The molecule has 0 fully saturated rings. The Bertz CT molecular complexity index is 1080. The summed E-state index contributed by atoms with van der Waals surface area (Å²) in [6.07, 6.45) is 3.41. The molecule has 0 heterocycles. The molecule has 1 radical (unpaired) electrons. The molecule has 0 amide bonds. The fourth-order valence-electron chi connectivity index (χ4n) is 2.93. The van der Waals surface area contributed by atoms with E-state index in [1.807, 2.05) is 54.6 Å². The molecule has 0 aliphatic rings. The van der Waals surface area contributed by atoms with E-state index < -0.39 is 0 Å². The van der Waals surface area contributed by atoms with Crippen LogP contribution in [-0.4, -0.2) is 17.8 Å². The van der Waals surface area contributed by atoms with Gasteiger partial charge in [0.05, 0.1) is 5.76 Å². The molecular weight excluding hydrogens is 429 g/mol. The second-order valence-corrected chi connectivity index (χ2v) is 7.36. The van der Waals surface area contributed by atoms with Gasteiger partial charge in [-0.3, -0.25) is 0 Å². The van der Waals surface area contributed by atoms with Gasteiger partial charge in [0.15, 0.2) is 0 Å². The number of benzene rings is 3. The minimum absolute atomic E-state index is 0.247. The predicted octanol–water partition coefficient (Wildman–Crippen LogP) is 5.24. The van der Waals surface area contributed by atoms with Crippen molar-refractivity contribution in [2.24, 2.45) is 5.73 Å². The van der Waals surface area contributed by atoms with Crippen molar-refractivity contribution < 1.29 is 14.8 Å². The maximum Gasteiger partial charge on any atom is 0.569 e. The number of para-hydroxylation sites is 1. The van der Waals surface area contributed by atoms with Gasteiger partial charge in [-0.25, -0.2) is 0 Å². The summed E-state index contributed by atoms with van der Waals surface area (Å²) in [4.78, 5) is 0. The Hall–Kier alpha value is -2.96. The lowest BCUT2D eigenvalue weighted by Gasteiger charge is -2.10. The van der Waals surface area contributed by atoms with Crippen LogP contribution in [-0.2, 0) is 4.65 Å². The highest BCUT2D eigenvalue weighted by Crippen LogP contribution is 2.33. The van der Waals surface area contributed by atoms with E-state index >= 15 is 0 Å². The maximum atomic E-state index is 10.2. The molecule has 0 aromatic heterocycles. The third-order valence-corrected chi connectivity index (χ3v) is 4.84. The van der Waals surface area contributed by atoms with Crippen molar-refractivity contribution in [3.8, 4) is 28.0 Å². The van der Waals surface area contributed by atoms with Gasteiger partial charge >= 0.3 is 7.69 Å². The van der Waals surface area contributed by atoms with Gasteiger partial charge in [-0.1, -0.05) is 52.3 Å². The number of rotatable bonds is 6. The molecule has 0 spiro atoms. The highest BCUT2D eigenvalue weighted by atomic mass is 79.9. The van der Waals surface area contributed by atoms with Crippen molar-refractivity contribution in [2.75, 3.05) is 0 Å². The third-order valence-electron chi connectivity index (χ3n) is 4.38. The van der Waals surface area contributed by atoms with Crippen LogP contribution in [0.2, 0.25) is 0 Å². The molecule has 0 bridgehead atoms. The maximum absolute atomic E-state index is 10.2. The Balaban J connectivity index is 1.99. The summed E-state index contributed by atoms with van der Waals surface area (Å²) in [5.41, 5.74) is 11.3. The van der Waals surface area contributed by atoms with E-state index in [9.17, 15) is 5.11 Å². The quantitative estimate of drug-likeness (QED) is 0.274. The van der Waals surface area contributed by atoms with Crippen molar-refractivity contribution in [3.63, 3.8) is 0 Å². The van der Waals surface area contributed by atoms with Crippen LogP contribution < -0.4 is 5.73 Å². The summed E-state index contributed by atoms with van der Waals surface area (Å²) in [5, 5.41) is 18.8. The summed E-state index contributed by atoms with van der Waals surface area (Å²) in [6, 6.07) is 21.2. The zero-order valence-corrected chi connectivity index (χ0v) is 17.4. The van der Waals surface area contributed by atoms with Gasteiger partial charge in [0.1, 0.15) is 5.75 Å². The average Bonchev–Trinajstić information content (AvgIpc) is 2.72. The molecule has 0 saturated heterocycles. The molecule has 0 atom stereocenters. The number of phenols is 1. The first-order chi connectivity index (χ1) is 14.0. The average molecular weight is 449 g/mol. The molecule has 3 aromatic rings. The summed E-state index contributed by atoms with van der Waals surface area (Å²) >= 11 is 3.56. The molecule has 0 unspecified atom stereocenters. The lowest BCUT2D eigenvalue weighted by molar-refractivity contribution is 0.371. The van der Waals surface area contributed by atoms with Gasteiger partial charge in [0.25, 0.3) is 0 Å².